The Kier molecular flexibility index (Phi) is 4.68. The van der Waals surface area contributed by atoms with E-state index >= 15 is 0 Å². The third-order valence-corrected chi connectivity index (χ3v) is 3.38. The zero-order valence-electron chi connectivity index (χ0n) is 10.5. The van der Waals surface area contributed by atoms with E-state index in [1.165, 1.54) is 12.1 Å². The minimum Gasteiger partial charge on any atom is -0.481 e. The number of anilines is 1. The molecule has 1 saturated heterocycles. The molecule has 1 atom stereocenters. The van der Waals surface area contributed by atoms with Gasteiger partial charge >= 0.3 is 5.97 Å². The Morgan fingerprint density at radius 2 is 2.26 bits per heavy atom. The summed E-state index contributed by atoms with van der Waals surface area (Å²) in [7, 11) is 0. The first-order chi connectivity index (χ1) is 9.16. The van der Waals surface area contributed by atoms with Crippen molar-refractivity contribution in [3.05, 3.63) is 24.1 Å². The molecule has 5 nitrogen and oxygen atoms in total. The van der Waals surface area contributed by atoms with Gasteiger partial charge in [-0.05, 0) is 30.9 Å². The molecule has 0 amide bonds. The van der Waals surface area contributed by atoms with Gasteiger partial charge in [-0.1, -0.05) is 0 Å². The Labute approximate surface area is 110 Å². The van der Waals surface area contributed by atoms with Gasteiger partial charge in [0.15, 0.2) is 0 Å². The number of carboxylic acids is 1. The predicted octanol–water partition coefficient (Wildman–Crippen LogP) is 1.76. The van der Waals surface area contributed by atoms with Crippen LogP contribution in [0.25, 0.3) is 0 Å². The van der Waals surface area contributed by atoms with Crippen molar-refractivity contribution < 1.29 is 19.0 Å². The van der Waals surface area contributed by atoms with Crippen molar-refractivity contribution in [2.75, 3.05) is 25.1 Å². The van der Waals surface area contributed by atoms with Crippen LogP contribution in [-0.4, -0.2) is 35.8 Å². The normalized spacial score (nSPS) is 17.9. The molecule has 2 N–H and O–H groups in total. The lowest BCUT2D eigenvalue weighted by molar-refractivity contribution is -0.144. The summed E-state index contributed by atoms with van der Waals surface area (Å²) < 4.78 is 17.9. The average molecular weight is 268 g/mol. The molecule has 1 aromatic heterocycles. The number of aromatic nitrogens is 1. The van der Waals surface area contributed by atoms with Crippen molar-refractivity contribution >= 4 is 11.8 Å². The molecule has 1 unspecified atom stereocenters. The van der Waals surface area contributed by atoms with Crippen LogP contribution < -0.4 is 5.32 Å². The van der Waals surface area contributed by atoms with Gasteiger partial charge in [-0.3, -0.25) is 4.79 Å². The van der Waals surface area contributed by atoms with Crippen molar-refractivity contribution in [2.45, 2.75) is 12.8 Å². The van der Waals surface area contributed by atoms with Gasteiger partial charge in [-0.25, -0.2) is 9.37 Å². The molecule has 1 aliphatic heterocycles. The number of aliphatic carboxylic acids is 1. The van der Waals surface area contributed by atoms with Crippen LogP contribution in [0.4, 0.5) is 10.2 Å². The highest BCUT2D eigenvalue weighted by atomic mass is 19.1. The molecular weight excluding hydrogens is 251 g/mol. The second kappa shape index (κ2) is 6.47. The zero-order chi connectivity index (χ0) is 13.7. The molecule has 19 heavy (non-hydrogen) atoms. The van der Waals surface area contributed by atoms with Crippen LogP contribution >= 0.6 is 0 Å². The second-order valence-corrected chi connectivity index (χ2v) is 4.64. The second-order valence-electron chi connectivity index (χ2n) is 4.64. The van der Waals surface area contributed by atoms with Gasteiger partial charge in [0.2, 0.25) is 0 Å². The van der Waals surface area contributed by atoms with Gasteiger partial charge in [0, 0.05) is 19.8 Å². The maximum absolute atomic E-state index is 12.7. The van der Waals surface area contributed by atoms with Gasteiger partial charge in [-0.15, -0.1) is 0 Å². The van der Waals surface area contributed by atoms with Crippen LogP contribution in [0.15, 0.2) is 18.3 Å². The fraction of sp³-hybridized carbons (Fsp3) is 0.538. The van der Waals surface area contributed by atoms with Gasteiger partial charge in [0.05, 0.1) is 12.1 Å². The third kappa shape index (κ3) is 3.89. The highest BCUT2D eigenvalue weighted by molar-refractivity contribution is 5.71. The van der Waals surface area contributed by atoms with Crippen LogP contribution in [-0.2, 0) is 9.53 Å². The number of nitrogens with zero attached hydrogens (tertiary/aromatic N) is 1. The highest BCUT2D eigenvalue weighted by Gasteiger charge is 2.29. The van der Waals surface area contributed by atoms with E-state index in [2.05, 4.69) is 10.3 Å². The molecule has 2 rings (SSSR count). The first kappa shape index (κ1) is 13.7. The maximum Gasteiger partial charge on any atom is 0.308 e. The number of rotatable bonds is 5. The maximum atomic E-state index is 12.7. The van der Waals surface area contributed by atoms with Crippen LogP contribution in [0.5, 0.6) is 0 Å². The summed E-state index contributed by atoms with van der Waals surface area (Å²) in [5, 5.41) is 12.2. The number of carboxylic acid groups (broad SMARTS) is 1. The van der Waals surface area contributed by atoms with E-state index in [0.717, 1.165) is 19.0 Å². The van der Waals surface area contributed by atoms with Crippen molar-refractivity contribution in [1.29, 1.82) is 0 Å². The minimum atomic E-state index is -0.818. The molecule has 104 valence electrons. The molecule has 0 spiro atoms. The van der Waals surface area contributed by atoms with Gasteiger partial charge in [-0.2, -0.15) is 0 Å². The molecule has 1 aromatic rings. The molecule has 1 aliphatic rings. The van der Waals surface area contributed by atoms with Gasteiger partial charge in [0.25, 0.3) is 0 Å². The quantitative estimate of drug-likeness (QED) is 0.851. The predicted molar refractivity (Wildman–Crippen MR) is 67.4 cm³/mol. The van der Waals surface area contributed by atoms with E-state index in [1.807, 2.05) is 0 Å². The summed E-state index contributed by atoms with van der Waals surface area (Å²) in [6.07, 6.45) is 2.62. The van der Waals surface area contributed by atoms with Crippen LogP contribution in [0.2, 0.25) is 0 Å². The number of nitrogens with one attached hydrogen (secondary N) is 1. The number of halogens is 1. The van der Waals surface area contributed by atoms with E-state index in [-0.39, 0.29) is 5.92 Å². The molecule has 0 aliphatic carbocycles. The highest BCUT2D eigenvalue weighted by Crippen LogP contribution is 2.24. The minimum absolute atomic E-state index is 0.110. The van der Waals surface area contributed by atoms with Gasteiger partial charge < -0.3 is 15.2 Å². The lowest BCUT2D eigenvalue weighted by Gasteiger charge is -2.27. The molecule has 1 fully saturated rings. The summed E-state index contributed by atoms with van der Waals surface area (Å²) in [4.78, 5) is 15.2. The Morgan fingerprint density at radius 3 is 2.84 bits per heavy atom. The number of carbonyl (C=O) groups is 1. The van der Waals surface area contributed by atoms with Crippen molar-refractivity contribution in [1.82, 2.24) is 4.98 Å². The standard InChI is InChI=1S/C13H17FN2O3/c14-10-1-2-12(15-7-10)16-8-11(13(17)18)9-3-5-19-6-4-9/h1-2,7,9,11H,3-6,8H2,(H,15,16)(H,17,18). The fourth-order valence-electron chi connectivity index (χ4n) is 2.27. The number of ether oxygens (including phenoxy) is 1. The zero-order valence-corrected chi connectivity index (χ0v) is 10.5. The monoisotopic (exact) mass is 268 g/mol. The molecule has 0 aromatic carbocycles. The third-order valence-electron chi connectivity index (χ3n) is 3.38. The fourth-order valence-corrected chi connectivity index (χ4v) is 2.27. The first-order valence-electron chi connectivity index (χ1n) is 6.33. The van der Waals surface area contributed by atoms with Crippen molar-refractivity contribution in [2.24, 2.45) is 11.8 Å². The van der Waals surface area contributed by atoms with Gasteiger partial charge in [0.1, 0.15) is 11.6 Å². The Morgan fingerprint density at radius 1 is 1.53 bits per heavy atom. The summed E-state index contributed by atoms with van der Waals surface area (Å²) in [5.41, 5.74) is 0. The molecule has 0 bridgehead atoms. The SMILES string of the molecule is O=C(O)C(CNc1ccc(F)cn1)C1CCOCC1. The first-order valence-corrected chi connectivity index (χ1v) is 6.33. The molecule has 0 saturated carbocycles. The summed E-state index contributed by atoms with van der Waals surface area (Å²) in [6, 6.07) is 2.79. The smallest absolute Gasteiger partial charge is 0.308 e. The molecule has 6 heteroatoms. The Bertz CT molecular complexity index is 418. The number of hydrogen-bond donors (Lipinski definition) is 2. The van der Waals surface area contributed by atoms with E-state index in [1.54, 1.807) is 0 Å². The largest absolute Gasteiger partial charge is 0.481 e. The van der Waals surface area contributed by atoms with Crippen LogP contribution in [0.3, 0.4) is 0 Å². The van der Waals surface area contributed by atoms with Crippen molar-refractivity contribution in [3.8, 4) is 0 Å². The van der Waals surface area contributed by atoms with E-state index < -0.39 is 17.7 Å². The molecule has 0 radical (unpaired) electrons. The average Bonchev–Trinajstić information content (AvgIpc) is 2.42. The summed E-state index contributed by atoms with van der Waals surface area (Å²) in [6.45, 7) is 1.52. The van der Waals surface area contributed by atoms with Crippen LogP contribution in [0, 0.1) is 17.7 Å². The topological polar surface area (TPSA) is 71.5 Å². The molecular formula is C13H17FN2O3. The number of hydrogen-bond acceptors (Lipinski definition) is 4. The Hall–Kier alpha value is -1.69. The van der Waals surface area contributed by atoms with E-state index in [0.29, 0.717) is 25.6 Å². The lowest BCUT2D eigenvalue weighted by Crippen LogP contribution is -2.34. The summed E-state index contributed by atoms with van der Waals surface area (Å²) in [5.74, 6) is -1.11. The van der Waals surface area contributed by atoms with Crippen LogP contribution in [0.1, 0.15) is 12.8 Å². The summed E-state index contributed by atoms with van der Waals surface area (Å²) >= 11 is 0. The Balaban J connectivity index is 1.93. The lowest BCUT2D eigenvalue weighted by atomic mass is 9.86. The molecule has 2 heterocycles. The number of pyridine rings is 1. The van der Waals surface area contributed by atoms with E-state index in [4.69, 9.17) is 4.74 Å². The van der Waals surface area contributed by atoms with Crippen molar-refractivity contribution in [3.63, 3.8) is 0 Å². The van der Waals surface area contributed by atoms with E-state index in [9.17, 15) is 14.3 Å².